The van der Waals surface area contributed by atoms with Crippen molar-refractivity contribution in [1.29, 1.82) is 0 Å². The number of ketones is 1. The van der Waals surface area contributed by atoms with Crippen LogP contribution in [-0.4, -0.2) is 48.8 Å². The molecule has 4 aromatic rings. The molecule has 0 aliphatic heterocycles. The van der Waals surface area contributed by atoms with Gasteiger partial charge in [0.25, 0.3) is 0 Å². The minimum atomic E-state index is -1.08. The van der Waals surface area contributed by atoms with Gasteiger partial charge in [-0.15, -0.1) is 22.7 Å². The number of thiophene rings is 2. The van der Waals surface area contributed by atoms with Crippen LogP contribution < -0.4 is 14.2 Å². The van der Waals surface area contributed by atoms with Crippen LogP contribution in [0.5, 0.6) is 17.2 Å². The highest BCUT2D eigenvalue weighted by Crippen LogP contribution is 2.41. The van der Waals surface area contributed by atoms with Crippen LogP contribution in [0.25, 0.3) is 20.2 Å². The lowest BCUT2D eigenvalue weighted by Gasteiger charge is -2.17. The lowest BCUT2D eigenvalue weighted by Crippen LogP contribution is -2.23. The van der Waals surface area contributed by atoms with E-state index in [1.54, 1.807) is 32.0 Å². The number of carbonyl (C=O) groups is 3. The molecule has 2 aromatic carbocycles. The number of carbonyl (C=O) groups excluding carboxylic acids is 1. The van der Waals surface area contributed by atoms with Crippen LogP contribution in [0.15, 0.2) is 24.3 Å². The van der Waals surface area contributed by atoms with Gasteiger partial charge in [0, 0.05) is 43.1 Å². The van der Waals surface area contributed by atoms with Crippen molar-refractivity contribution < 1.29 is 47.6 Å². The van der Waals surface area contributed by atoms with Gasteiger partial charge in [-0.2, -0.15) is 0 Å². The van der Waals surface area contributed by atoms with Gasteiger partial charge < -0.3 is 24.4 Å². The number of carboxylic acids is 2. The van der Waals surface area contributed by atoms with Crippen LogP contribution in [0.1, 0.15) is 60.1 Å². The highest BCUT2D eigenvalue weighted by atomic mass is 32.1. The Kier molecular flexibility index (Phi) is 10.1. The summed E-state index contributed by atoms with van der Waals surface area (Å²) < 4.78 is 49.0. The summed E-state index contributed by atoms with van der Waals surface area (Å²) >= 11 is 2.45. The first-order chi connectivity index (χ1) is 20.8. The smallest absolute Gasteiger partial charge is 0.309 e. The molecule has 0 aliphatic rings. The molecule has 8 nitrogen and oxygen atoms in total. The van der Waals surface area contributed by atoms with Gasteiger partial charge in [0.15, 0.2) is 23.1 Å². The van der Waals surface area contributed by atoms with E-state index in [2.05, 4.69) is 0 Å². The molecule has 0 bridgehead atoms. The molecular weight excluding hydrogens is 614 g/mol. The molecule has 2 aromatic heterocycles. The average Bonchev–Trinajstić information content (AvgIpc) is 3.60. The highest BCUT2D eigenvalue weighted by Gasteiger charge is 2.27. The van der Waals surface area contributed by atoms with E-state index < -0.39 is 34.9 Å². The monoisotopic (exact) mass is 648 g/mol. The Morgan fingerprint density at radius 3 is 2.18 bits per heavy atom. The number of ether oxygens (including phenoxy) is 3. The Bertz CT molecular complexity index is 1720. The Balaban J connectivity index is 1.49. The summed E-state index contributed by atoms with van der Waals surface area (Å²) in [7, 11) is 2.83. The van der Waals surface area contributed by atoms with E-state index >= 15 is 8.78 Å². The first-order valence-corrected chi connectivity index (χ1v) is 15.6. The van der Waals surface area contributed by atoms with Gasteiger partial charge in [-0.05, 0) is 57.7 Å². The van der Waals surface area contributed by atoms with Crippen LogP contribution in [0.4, 0.5) is 8.78 Å². The van der Waals surface area contributed by atoms with Crippen LogP contribution >= 0.6 is 22.7 Å². The molecule has 0 spiro atoms. The summed E-state index contributed by atoms with van der Waals surface area (Å²) in [5, 5.41) is 19.1. The zero-order valence-electron chi connectivity index (χ0n) is 25.0. The fourth-order valence-electron chi connectivity index (χ4n) is 4.71. The SMILES string of the molecule is COc1cc2sc(C(=O)C[C@H](C)C(=O)O)cc2c(F)c1CCCOc1c(OC)cc2sc(CCC(C)(C)C(=O)O)cc2c1F. The molecule has 1 atom stereocenters. The van der Waals surface area contributed by atoms with E-state index in [1.165, 1.54) is 38.5 Å². The fraction of sp³-hybridized carbons (Fsp3) is 0.406. The zero-order chi connectivity index (χ0) is 32.3. The number of halogens is 2. The number of benzene rings is 2. The Labute approximate surface area is 261 Å². The van der Waals surface area contributed by atoms with Crippen LogP contribution in [0.3, 0.4) is 0 Å². The van der Waals surface area contributed by atoms with E-state index in [1.807, 2.05) is 0 Å². The van der Waals surface area contributed by atoms with E-state index in [0.717, 1.165) is 16.2 Å². The molecule has 0 unspecified atom stereocenters. The molecule has 0 radical (unpaired) electrons. The van der Waals surface area contributed by atoms with E-state index in [9.17, 15) is 19.5 Å². The summed E-state index contributed by atoms with van der Waals surface area (Å²) in [6.07, 6.45) is 1.21. The largest absolute Gasteiger partial charge is 0.496 e. The number of aliphatic carboxylic acids is 2. The number of fused-ring (bicyclic) bond motifs is 2. The minimum Gasteiger partial charge on any atom is -0.496 e. The van der Waals surface area contributed by atoms with Gasteiger partial charge >= 0.3 is 11.9 Å². The number of carboxylic acid groups (broad SMARTS) is 2. The molecule has 0 saturated carbocycles. The molecular formula is C32H34F2O8S2. The minimum absolute atomic E-state index is 0.0453. The second-order valence-electron chi connectivity index (χ2n) is 11.2. The summed E-state index contributed by atoms with van der Waals surface area (Å²) in [6.45, 7) is 4.80. The number of Topliss-reactive ketones (excluding diaryl/α,β-unsaturated/α-hetero) is 1. The molecule has 44 heavy (non-hydrogen) atoms. The summed E-state index contributed by atoms with van der Waals surface area (Å²) in [4.78, 5) is 36.3. The number of hydrogen-bond acceptors (Lipinski definition) is 8. The lowest BCUT2D eigenvalue weighted by atomic mass is 9.88. The summed E-state index contributed by atoms with van der Waals surface area (Å²) in [5.74, 6) is -3.86. The summed E-state index contributed by atoms with van der Waals surface area (Å²) in [6, 6.07) is 6.49. The van der Waals surface area contributed by atoms with Crippen molar-refractivity contribution in [1.82, 2.24) is 0 Å². The van der Waals surface area contributed by atoms with Crippen molar-refractivity contribution >= 4 is 60.6 Å². The predicted molar refractivity (Wildman–Crippen MR) is 166 cm³/mol. The van der Waals surface area contributed by atoms with Crippen molar-refractivity contribution in [3.05, 3.63) is 51.2 Å². The van der Waals surface area contributed by atoms with Crippen molar-refractivity contribution in [2.24, 2.45) is 11.3 Å². The third kappa shape index (κ3) is 6.96. The Hall–Kier alpha value is -3.77. The predicted octanol–water partition coefficient (Wildman–Crippen LogP) is 7.76. The molecule has 2 N–H and O–H groups in total. The first kappa shape index (κ1) is 33.1. The number of aryl methyl sites for hydroxylation is 1. The van der Waals surface area contributed by atoms with Crippen molar-refractivity contribution in [2.75, 3.05) is 20.8 Å². The van der Waals surface area contributed by atoms with E-state index in [4.69, 9.17) is 19.3 Å². The standard InChI is InChI=1S/C32H34F2O8S2/c1-16(30(36)37)11-21(35)26-13-20-25(44-26)14-22(40-4)18(27(20)33)7-6-10-42-29-23(41-5)15-24-19(28(29)34)12-17(43-24)8-9-32(2,3)31(38)39/h12-16H,6-11H2,1-5H3,(H,36,37)(H,38,39)/t16-/m0/s1. The van der Waals surface area contributed by atoms with Gasteiger partial charge in [-0.25, -0.2) is 8.78 Å². The lowest BCUT2D eigenvalue weighted by molar-refractivity contribution is -0.147. The van der Waals surface area contributed by atoms with Gasteiger partial charge in [0.1, 0.15) is 11.6 Å². The maximum atomic E-state index is 15.6. The maximum Gasteiger partial charge on any atom is 0.309 e. The molecule has 4 rings (SSSR count). The molecule has 2 heterocycles. The Morgan fingerprint density at radius 1 is 0.909 bits per heavy atom. The van der Waals surface area contributed by atoms with Gasteiger partial charge in [0.2, 0.25) is 0 Å². The second-order valence-corrected chi connectivity index (χ2v) is 13.5. The molecule has 0 aliphatic carbocycles. The molecule has 0 saturated heterocycles. The quantitative estimate of drug-likeness (QED) is 0.0992. The Morgan fingerprint density at radius 2 is 1.55 bits per heavy atom. The van der Waals surface area contributed by atoms with Crippen LogP contribution in [-0.2, 0) is 22.4 Å². The topological polar surface area (TPSA) is 119 Å². The van der Waals surface area contributed by atoms with Crippen LogP contribution in [0, 0.1) is 23.0 Å². The first-order valence-electron chi connectivity index (χ1n) is 14.0. The van der Waals surface area contributed by atoms with Crippen molar-refractivity contribution in [3.8, 4) is 17.2 Å². The number of rotatable bonds is 15. The van der Waals surface area contributed by atoms with Gasteiger partial charge in [-0.1, -0.05) is 6.92 Å². The zero-order valence-corrected chi connectivity index (χ0v) is 26.7. The van der Waals surface area contributed by atoms with E-state index in [0.29, 0.717) is 39.8 Å². The number of hydrogen-bond donors (Lipinski definition) is 2. The normalized spacial score (nSPS) is 12.4. The average molecular weight is 649 g/mol. The maximum absolute atomic E-state index is 15.6. The van der Waals surface area contributed by atoms with Crippen LogP contribution in [0.2, 0.25) is 0 Å². The molecule has 0 amide bonds. The second kappa shape index (κ2) is 13.5. The number of methoxy groups -OCH3 is 2. The molecule has 236 valence electrons. The van der Waals surface area contributed by atoms with Crippen molar-refractivity contribution in [3.63, 3.8) is 0 Å². The third-order valence-corrected chi connectivity index (χ3v) is 9.84. The summed E-state index contributed by atoms with van der Waals surface area (Å²) in [5.41, 5.74) is -0.620. The van der Waals surface area contributed by atoms with Gasteiger partial charge in [-0.3, -0.25) is 14.4 Å². The van der Waals surface area contributed by atoms with Gasteiger partial charge in [0.05, 0.1) is 37.0 Å². The molecule has 0 fully saturated rings. The third-order valence-electron chi connectivity index (χ3n) is 7.58. The fourth-order valence-corrected chi connectivity index (χ4v) is 6.83. The van der Waals surface area contributed by atoms with Crippen molar-refractivity contribution in [2.45, 2.75) is 52.9 Å². The molecule has 12 heteroatoms. The van der Waals surface area contributed by atoms with E-state index in [-0.39, 0.29) is 52.6 Å². The highest BCUT2D eigenvalue weighted by molar-refractivity contribution is 7.21.